The van der Waals surface area contributed by atoms with E-state index in [1.165, 1.54) is 18.0 Å². The third-order valence-electron chi connectivity index (χ3n) is 2.42. The summed E-state index contributed by atoms with van der Waals surface area (Å²) in [5, 5.41) is 13.6. The highest BCUT2D eigenvalue weighted by molar-refractivity contribution is 7.99. The normalized spacial score (nSPS) is 12.3. The zero-order chi connectivity index (χ0) is 13.0. The van der Waals surface area contributed by atoms with Gasteiger partial charge in [0.15, 0.2) is 11.7 Å². The summed E-state index contributed by atoms with van der Waals surface area (Å²) in [7, 11) is 1.75. The number of tetrazole rings is 1. The summed E-state index contributed by atoms with van der Waals surface area (Å²) in [5.74, 6) is 0.986. The van der Waals surface area contributed by atoms with Gasteiger partial charge in [0.05, 0.1) is 11.5 Å². The van der Waals surface area contributed by atoms with Crippen molar-refractivity contribution in [1.29, 1.82) is 0 Å². The average Bonchev–Trinajstić information content (AvgIpc) is 2.98. The number of nitrogens with one attached hydrogen (secondary N) is 1. The van der Waals surface area contributed by atoms with Gasteiger partial charge < -0.3 is 4.42 Å². The van der Waals surface area contributed by atoms with Gasteiger partial charge in [-0.3, -0.25) is 10.1 Å². The van der Waals surface area contributed by atoms with Crippen LogP contribution in [0.1, 0.15) is 5.82 Å². The van der Waals surface area contributed by atoms with E-state index < -0.39 is 0 Å². The van der Waals surface area contributed by atoms with E-state index in [-0.39, 0.29) is 11.2 Å². The largest absolute Gasteiger partial charge is 0.449 e. The quantitative estimate of drug-likeness (QED) is 0.859. The molecule has 0 bridgehead atoms. The number of thioether (sulfide) groups is 1. The SMILES string of the molecule is CSC(Cc1nnnn1C)C(=O)Nc1ccco1. The number of anilines is 1. The van der Waals surface area contributed by atoms with Crippen LogP contribution >= 0.6 is 11.8 Å². The second-order valence-corrected chi connectivity index (χ2v) is 4.65. The Morgan fingerprint density at radius 3 is 3.06 bits per heavy atom. The van der Waals surface area contributed by atoms with Crippen molar-refractivity contribution in [3.05, 3.63) is 24.2 Å². The fraction of sp³-hybridized carbons (Fsp3) is 0.400. The van der Waals surface area contributed by atoms with Gasteiger partial charge in [0.1, 0.15) is 0 Å². The van der Waals surface area contributed by atoms with Gasteiger partial charge in [-0.1, -0.05) is 0 Å². The van der Waals surface area contributed by atoms with Crippen LogP contribution in [0.5, 0.6) is 0 Å². The summed E-state index contributed by atoms with van der Waals surface area (Å²) in [6.07, 6.45) is 3.85. The van der Waals surface area contributed by atoms with Crippen LogP contribution in [0.4, 0.5) is 5.88 Å². The van der Waals surface area contributed by atoms with E-state index in [0.29, 0.717) is 18.1 Å². The number of hydrogen-bond donors (Lipinski definition) is 1. The third kappa shape index (κ3) is 2.89. The summed E-state index contributed by atoms with van der Waals surface area (Å²) in [6, 6.07) is 3.41. The minimum absolute atomic E-state index is 0.125. The number of carbonyl (C=O) groups excluding carboxylic acids is 1. The zero-order valence-corrected chi connectivity index (χ0v) is 10.8. The van der Waals surface area contributed by atoms with Crippen LogP contribution < -0.4 is 5.32 Å². The van der Waals surface area contributed by atoms with E-state index in [1.807, 2.05) is 6.26 Å². The molecule has 0 aliphatic rings. The van der Waals surface area contributed by atoms with E-state index in [2.05, 4.69) is 20.8 Å². The molecule has 1 N–H and O–H groups in total. The zero-order valence-electron chi connectivity index (χ0n) is 10.0. The van der Waals surface area contributed by atoms with E-state index in [9.17, 15) is 4.79 Å². The Bertz CT molecular complexity index is 510. The Morgan fingerprint density at radius 1 is 1.67 bits per heavy atom. The second kappa shape index (κ2) is 5.67. The van der Waals surface area contributed by atoms with E-state index in [4.69, 9.17) is 4.42 Å². The Morgan fingerprint density at radius 2 is 2.50 bits per heavy atom. The predicted molar refractivity (Wildman–Crippen MR) is 67.1 cm³/mol. The van der Waals surface area contributed by atoms with Crippen LogP contribution in [0.15, 0.2) is 22.8 Å². The third-order valence-corrected chi connectivity index (χ3v) is 3.37. The Labute approximate surface area is 108 Å². The molecular weight excluding hydrogens is 254 g/mol. The molecule has 18 heavy (non-hydrogen) atoms. The van der Waals surface area contributed by atoms with E-state index >= 15 is 0 Å². The summed E-state index contributed by atoms with van der Waals surface area (Å²) in [6.45, 7) is 0. The molecule has 2 rings (SSSR count). The molecule has 2 aromatic rings. The molecule has 7 nitrogen and oxygen atoms in total. The number of amides is 1. The molecule has 0 aliphatic heterocycles. The van der Waals surface area contributed by atoms with Gasteiger partial charge in [0.25, 0.3) is 0 Å². The maximum atomic E-state index is 12.0. The number of rotatable bonds is 5. The number of aromatic nitrogens is 4. The molecule has 96 valence electrons. The first-order valence-electron chi connectivity index (χ1n) is 5.29. The molecule has 0 spiro atoms. The van der Waals surface area contributed by atoms with Crippen molar-refractivity contribution < 1.29 is 9.21 Å². The molecule has 1 unspecified atom stereocenters. The van der Waals surface area contributed by atoms with Crippen molar-refractivity contribution in [3.63, 3.8) is 0 Å². The van der Waals surface area contributed by atoms with Crippen molar-refractivity contribution in [1.82, 2.24) is 20.2 Å². The summed E-state index contributed by atoms with van der Waals surface area (Å²) in [5.41, 5.74) is 0. The lowest BCUT2D eigenvalue weighted by Crippen LogP contribution is -2.27. The van der Waals surface area contributed by atoms with Gasteiger partial charge in [-0.05, 0) is 22.7 Å². The van der Waals surface area contributed by atoms with E-state index in [1.54, 1.807) is 23.9 Å². The fourth-order valence-electron chi connectivity index (χ4n) is 1.42. The Balaban J connectivity index is 2.00. The van der Waals surface area contributed by atoms with Gasteiger partial charge >= 0.3 is 0 Å². The molecule has 1 atom stereocenters. The highest BCUT2D eigenvalue weighted by atomic mass is 32.2. The Kier molecular flexibility index (Phi) is 3.98. The summed E-state index contributed by atoms with van der Waals surface area (Å²) < 4.78 is 6.63. The van der Waals surface area contributed by atoms with Gasteiger partial charge in [-0.25, -0.2) is 4.68 Å². The maximum Gasteiger partial charge on any atom is 0.240 e. The maximum absolute atomic E-state index is 12.0. The molecule has 2 aromatic heterocycles. The van der Waals surface area contributed by atoms with Crippen molar-refractivity contribution in [2.45, 2.75) is 11.7 Å². The summed E-state index contributed by atoms with van der Waals surface area (Å²) >= 11 is 1.44. The molecule has 8 heteroatoms. The van der Waals surface area contributed by atoms with Crippen molar-refractivity contribution >= 4 is 23.6 Å². The molecule has 1 amide bonds. The molecular formula is C10H13N5O2S. The van der Waals surface area contributed by atoms with Crippen LogP contribution in [0, 0.1) is 0 Å². The number of carbonyl (C=O) groups is 1. The predicted octanol–water partition coefficient (Wildman–Crippen LogP) is 0.716. The van der Waals surface area contributed by atoms with Gasteiger partial charge in [-0.15, -0.1) is 5.10 Å². The van der Waals surface area contributed by atoms with Crippen molar-refractivity contribution in [3.8, 4) is 0 Å². The van der Waals surface area contributed by atoms with Crippen LogP contribution in [0.3, 0.4) is 0 Å². The minimum Gasteiger partial charge on any atom is -0.449 e. The highest BCUT2D eigenvalue weighted by Gasteiger charge is 2.21. The van der Waals surface area contributed by atoms with Crippen LogP contribution in [0.25, 0.3) is 0 Å². The lowest BCUT2D eigenvalue weighted by Gasteiger charge is -2.12. The highest BCUT2D eigenvalue weighted by Crippen LogP contribution is 2.15. The fourth-order valence-corrected chi connectivity index (χ4v) is 2.01. The Hall–Kier alpha value is -1.83. The minimum atomic E-state index is -0.264. The monoisotopic (exact) mass is 267 g/mol. The molecule has 0 radical (unpaired) electrons. The average molecular weight is 267 g/mol. The number of nitrogens with zero attached hydrogens (tertiary/aromatic N) is 4. The van der Waals surface area contributed by atoms with Crippen LogP contribution in [-0.2, 0) is 18.3 Å². The number of furan rings is 1. The molecule has 0 saturated heterocycles. The van der Waals surface area contributed by atoms with Crippen LogP contribution in [-0.4, -0.2) is 37.6 Å². The standard InChI is InChI=1S/C10H13N5O2S/c1-15-8(12-13-14-15)6-7(18-2)10(16)11-9-4-3-5-17-9/h3-5,7H,6H2,1-2H3,(H,11,16). The topological polar surface area (TPSA) is 85.8 Å². The second-order valence-electron chi connectivity index (χ2n) is 3.61. The lowest BCUT2D eigenvalue weighted by atomic mass is 10.2. The molecule has 0 aromatic carbocycles. The molecule has 0 saturated carbocycles. The van der Waals surface area contributed by atoms with Gasteiger partial charge in [0.2, 0.25) is 5.91 Å². The smallest absolute Gasteiger partial charge is 0.240 e. The van der Waals surface area contributed by atoms with Crippen LogP contribution in [0.2, 0.25) is 0 Å². The summed E-state index contributed by atoms with van der Waals surface area (Å²) in [4.78, 5) is 12.0. The van der Waals surface area contributed by atoms with E-state index in [0.717, 1.165) is 0 Å². The van der Waals surface area contributed by atoms with Gasteiger partial charge in [-0.2, -0.15) is 11.8 Å². The first-order valence-corrected chi connectivity index (χ1v) is 6.58. The lowest BCUT2D eigenvalue weighted by molar-refractivity contribution is -0.115. The molecule has 2 heterocycles. The van der Waals surface area contributed by atoms with Crippen molar-refractivity contribution in [2.24, 2.45) is 7.05 Å². The number of aryl methyl sites for hydroxylation is 1. The van der Waals surface area contributed by atoms with Crippen molar-refractivity contribution in [2.75, 3.05) is 11.6 Å². The molecule has 0 fully saturated rings. The number of hydrogen-bond acceptors (Lipinski definition) is 6. The van der Waals surface area contributed by atoms with Gasteiger partial charge in [0, 0.05) is 19.5 Å². The first kappa shape index (κ1) is 12.6. The molecule has 0 aliphatic carbocycles. The first-order chi connectivity index (χ1) is 8.70.